The number of carboxylic acids is 1. The first-order chi connectivity index (χ1) is 23.1. The van der Waals surface area contributed by atoms with Crippen LogP contribution in [0.5, 0.6) is 0 Å². The molecule has 48 heavy (non-hydrogen) atoms. The summed E-state index contributed by atoms with van der Waals surface area (Å²) in [4.78, 5) is 45.4. The molecule has 0 aromatic heterocycles. The summed E-state index contributed by atoms with van der Waals surface area (Å²) < 4.78 is 32.3. The van der Waals surface area contributed by atoms with Crippen molar-refractivity contribution >= 4 is 25.7 Å². The SMILES string of the molecule is CCCCCCCCCCCCCCCCCCCCCC(=O)OC(COC(=O)CCCCCCC)COP(=O)(O)OCC(N)C(=O)O. The Labute approximate surface area is 291 Å². The van der Waals surface area contributed by atoms with Gasteiger partial charge < -0.3 is 25.2 Å². The van der Waals surface area contributed by atoms with Gasteiger partial charge in [0.25, 0.3) is 0 Å². The van der Waals surface area contributed by atoms with Crippen molar-refractivity contribution in [2.75, 3.05) is 19.8 Å². The fraction of sp³-hybridized carbons (Fsp3) is 0.917. The van der Waals surface area contributed by atoms with Crippen molar-refractivity contribution in [1.82, 2.24) is 0 Å². The van der Waals surface area contributed by atoms with Crippen LogP contribution in [0.25, 0.3) is 0 Å². The second-order valence-corrected chi connectivity index (χ2v) is 14.5. The Balaban J connectivity index is 4.18. The van der Waals surface area contributed by atoms with Crippen LogP contribution in [0.3, 0.4) is 0 Å². The van der Waals surface area contributed by atoms with Gasteiger partial charge in [-0.2, -0.15) is 0 Å². The number of phosphoric acid groups is 1. The zero-order valence-electron chi connectivity index (χ0n) is 30.3. The third kappa shape index (κ3) is 31.7. The summed E-state index contributed by atoms with van der Waals surface area (Å²) in [6, 6.07) is -1.51. The lowest BCUT2D eigenvalue weighted by atomic mass is 10.0. The van der Waals surface area contributed by atoms with Crippen molar-refractivity contribution in [1.29, 1.82) is 0 Å². The molecule has 0 aliphatic rings. The van der Waals surface area contributed by atoms with E-state index in [0.717, 1.165) is 44.9 Å². The van der Waals surface area contributed by atoms with Gasteiger partial charge >= 0.3 is 25.7 Å². The third-order valence-electron chi connectivity index (χ3n) is 8.36. The smallest absolute Gasteiger partial charge is 0.472 e. The molecule has 0 aliphatic heterocycles. The van der Waals surface area contributed by atoms with Gasteiger partial charge in [0.1, 0.15) is 12.6 Å². The van der Waals surface area contributed by atoms with Crippen LogP contribution < -0.4 is 5.73 Å². The van der Waals surface area contributed by atoms with Gasteiger partial charge in [-0.3, -0.25) is 23.4 Å². The lowest BCUT2D eigenvalue weighted by molar-refractivity contribution is -0.161. The van der Waals surface area contributed by atoms with Gasteiger partial charge in [-0.1, -0.05) is 155 Å². The predicted octanol–water partition coefficient (Wildman–Crippen LogP) is 9.17. The average molecular weight is 708 g/mol. The summed E-state index contributed by atoms with van der Waals surface area (Å²) in [6.45, 7) is 2.70. The molecule has 0 aromatic rings. The minimum atomic E-state index is -4.69. The fourth-order valence-corrected chi connectivity index (χ4v) is 6.08. The van der Waals surface area contributed by atoms with Crippen LogP contribution in [0.15, 0.2) is 0 Å². The Hall–Kier alpha value is -1.52. The Kier molecular flexibility index (Phi) is 31.6. The molecule has 0 radical (unpaired) electrons. The Morgan fingerprint density at radius 1 is 0.562 bits per heavy atom. The lowest BCUT2D eigenvalue weighted by Crippen LogP contribution is -2.34. The summed E-state index contributed by atoms with van der Waals surface area (Å²) in [7, 11) is -4.69. The van der Waals surface area contributed by atoms with Crippen LogP contribution in [0, 0.1) is 0 Å². The number of unbranched alkanes of at least 4 members (excludes halogenated alkanes) is 22. The van der Waals surface area contributed by atoms with Crippen LogP contribution in [-0.4, -0.2) is 59.9 Å². The van der Waals surface area contributed by atoms with Crippen molar-refractivity contribution in [3.05, 3.63) is 0 Å². The number of carbonyl (C=O) groups is 3. The fourth-order valence-electron chi connectivity index (χ4n) is 5.30. The van der Waals surface area contributed by atoms with Gasteiger partial charge in [0.2, 0.25) is 0 Å². The van der Waals surface area contributed by atoms with E-state index in [1.807, 2.05) is 0 Å². The molecule has 0 aliphatic carbocycles. The molecular formula is C36H70NO10P. The van der Waals surface area contributed by atoms with E-state index in [4.69, 9.17) is 24.8 Å². The molecule has 0 aromatic carbocycles. The molecule has 11 nitrogen and oxygen atoms in total. The second-order valence-electron chi connectivity index (χ2n) is 13.1. The van der Waals surface area contributed by atoms with E-state index in [9.17, 15) is 23.8 Å². The maximum Gasteiger partial charge on any atom is 0.472 e. The average Bonchev–Trinajstić information content (AvgIpc) is 3.05. The molecule has 0 heterocycles. The molecule has 284 valence electrons. The van der Waals surface area contributed by atoms with Gasteiger partial charge in [-0.05, 0) is 12.8 Å². The quantitative estimate of drug-likeness (QED) is 0.0322. The minimum absolute atomic E-state index is 0.168. The molecule has 0 amide bonds. The van der Waals surface area contributed by atoms with E-state index in [0.29, 0.717) is 12.8 Å². The Morgan fingerprint density at radius 3 is 1.31 bits per heavy atom. The number of rotatable bonds is 36. The first kappa shape index (κ1) is 46.5. The molecule has 0 rings (SSSR count). The van der Waals surface area contributed by atoms with Gasteiger partial charge in [0, 0.05) is 12.8 Å². The van der Waals surface area contributed by atoms with Crippen molar-refractivity contribution < 1.29 is 47.5 Å². The van der Waals surface area contributed by atoms with E-state index in [2.05, 4.69) is 18.4 Å². The maximum atomic E-state index is 12.5. The van der Waals surface area contributed by atoms with Crippen LogP contribution in [0.4, 0.5) is 0 Å². The molecule has 0 saturated heterocycles. The highest BCUT2D eigenvalue weighted by Crippen LogP contribution is 2.43. The molecule has 0 fully saturated rings. The number of nitrogens with two attached hydrogens (primary N) is 1. The highest BCUT2D eigenvalue weighted by molar-refractivity contribution is 7.47. The normalized spacial score (nSPS) is 13.9. The largest absolute Gasteiger partial charge is 0.480 e. The first-order valence-electron chi connectivity index (χ1n) is 19.1. The number of phosphoric ester groups is 1. The third-order valence-corrected chi connectivity index (χ3v) is 9.31. The number of carboxylic acid groups (broad SMARTS) is 1. The van der Waals surface area contributed by atoms with Crippen LogP contribution in [0.2, 0.25) is 0 Å². The number of carbonyl (C=O) groups excluding carboxylic acids is 2. The summed E-state index contributed by atoms with van der Waals surface area (Å²) in [6.07, 6.45) is 28.0. The van der Waals surface area contributed by atoms with Crippen LogP contribution >= 0.6 is 7.82 Å². The Morgan fingerprint density at radius 2 is 0.917 bits per heavy atom. The summed E-state index contributed by atoms with van der Waals surface area (Å²) in [5, 5.41) is 8.82. The van der Waals surface area contributed by atoms with Crippen molar-refractivity contribution in [2.45, 2.75) is 193 Å². The number of ether oxygens (including phenoxy) is 2. The summed E-state index contributed by atoms with van der Waals surface area (Å²) >= 11 is 0. The van der Waals surface area contributed by atoms with E-state index >= 15 is 0 Å². The summed E-state index contributed by atoms with van der Waals surface area (Å²) in [5.74, 6) is -2.38. The monoisotopic (exact) mass is 707 g/mol. The highest BCUT2D eigenvalue weighted by atomic mass is 31.2. The van der Waals surface area contributed by atoms with Gasteiger partial charge in [0.15, 0.2) is 6.10 Å². The molecule has 3 unspecified atom stereocenters. The van der Waals surface area contributed by atoms with E-state index in [1.165, 1.54) is 96.3 Å². The molecular weight excluding hydrogens is 637 g/mol. The number of esters is 2. The zero-order valence-corrected chi connectivity index (χ0v) is 31.2. The zero-order chi connectivity index (χ0) is 35.7. The molecule has 4 N–H and O–H groups in total. The van der Waals surface area contributed by atoms with Crippen LogP contribution in [0.1, 0.15) is 181 Å². The molecule has 12 heteroatoms. The molecule has 0 saturated carbocycles. The second kappa shape index (κ2) is 32.7. The van der Waals surface area contributed by atoms with Crippen molar-refractivity contribution in [3.63, 3.8) is 0 Å². The van der Waals surface area contributed by atoms with Gasteiger partial charge in [-0.25, -0.2) is 4.57 Å². The standard InChI is InChI=1S/C36H70NO10P/c1-3-5-7-9-10-11-12-13-14-15-16-17-18-19-20-21-22-24-26-28-35(39)47-32(29-44-34(38)27-25-23-8-6-4-2)30-45-48(42,43)46-31-33(37)36(40)41/h32-33H,3-31,37H2,1-2H3,(H,40,41)(H,42,43). The topological polar surface area (TPSA) is 172 Å². The van der Waals surface area contributed by atoms with Gasteiger partial charge in [0.05, 0.1) is 13.2 Å². The number of hydrogen-bond donors (Lipinski definition) is 3. The van der Waals surface area contributed by atoms with Crippen molar-refractivity contribution in [2.24, 2.45) is 5.73 Å². The molecule has 0 bridgehead atoms. The summed E-state index contributed by atoms with van der Waals surface area (Å²) in [5.41, 5.74) is 5.30. The first-order valence-corrected chi connectivity index (χ1v) is 20.6. The van der Waals surface area contributed by atoms with E-state index in [1.54, 1.807) is 0 Å². The van der Waals surface area contributed by atoms with E-state index < -0.39 is 51.1 Å². The maximum absolute atomic E-state index is 12.5. The molecule has 0 spiro atoms. The number of hydrogen-bond acceptors (Lipinski definition) is 9. The van der Waals surface area contributed by atoms with Gasteiger partial charge in [-0.15, -0.1) is 0 Å². The lowest BCUT2D eigenvalue weighted by Gasteiger charge is -2.20. The van der Waals surface area contributed by atoms with E-state index in [-0.39, 0.29) is 19.4 Å². The highest BCUT2D eigenvalue weighted by Gasteiger charge is 2.28. The van der Waals surface area contributed by atoms with Crippen molar-refractivity contribution in [3.8, 4) is 0 Å². The predicted molar refractivity (Wildman–Crippen MR) is 190 cm³/mol. The minimum Gasteiger partial charge on any atom is -0.480 e. The molecule has 3 atom stereocenters. The number of aliphatic carboxylic acids is 1. The van der Waals surface area contributed by atoms with Crippen LogP contribution in [-0.2, 0) is 37.5 Å². The Bertz CT molecular complexity index is 844.